The maximum atomic E-state index is 12.3. The van der Waals surface area contributed by atoms with E-state index < -0.39 is 0 Å². The number of nitrogens with zero attached hydrogens (tertiary/aromatic N) is 3. The zero-order chi connectivity index (χ0) is 15.7. The van der Waals surface area contributed by atoms with E-state index in [-0.39, 0.29) is 17.2 Å². The van der Waals surface area contributed by atoms with Gasteiger partial charge >= 0.3 is 0 Å². The maximum absolute atomic E-state index is 12.3. The predicted molar refractivity (Wildman–Crippen MR) is 85.6 cm³/mol. The van der Waals surface area contributed by atoms with Gasteiger partial charge < -0.3 is 5.32 Å². The molecular formula is C15H14N4O2S. The minimum absolute atomic E-state index is 0.121. The van der Waals surface area contributed by atoms with Gasteiger partial charge in [0.1, 0.15) is 10.7 Å². The number of aryl methyl sites for hydroxylation is 2. The molecule has 1 N–H and O–H groups in total. The lowest BCUT2D eigenvalue weighted by molar-refractivity contribution is 0.102. The number of carbonyl (C=O) groups excluding carboxylic acids is 1. The van der Waals surface area contributed by atoms with Crippen molar-refractivity contribution in [3.05, 3.63) is 57.0 Å². The van der Waals surface area contributed by atoms with Gasteiger partial charge in [-0.3, -0.25) is 9.59 Å². The molecule has 0 radical (unpaired) electrons. The molecule has 1 aromatic carbocycles. The molecule has 2 heterocycles. The topological polar surface area (TPSA) is 76.4 Å². The molecule has 1 amide bonds. The molecule has 3 aromatic rings. The Morgan fingerprint density at radius 2 is 2.05 bits per heavy atom. The minimum atomic E-state index is -0.374. The van der Waals surface area contributed by atoms with Crippen molar-refractivity contribution in [1.29, 1.82) is 0 Å². The van der Waals surface area contributed by atoms with Gasteiger partial charge in [-0.2, -0.15) is 9.61 Å². The fourth-order valence-electron chi connectivity index (χ4n) is 1.95. The van der Waals surface area contributed by atoms with Crippen molar-refractivity contribution in [2.24, 2.45) is 0 Å². The molecule has 0 bridgehead atoms. The van der Waals surface area contributed by atoms with E-state index in [0.717, 1.165) is 17.0 Å². The van der Waals surface area contributed by atoms with E-state index in [0.29, 0.717) is 10.5 Å². The molecule has 112 valence electrons. The molecule has 0 aliphatic rings. The first-order valence-electron chi connectivity index (χ1n) is 6.84. The molecule has 6 nitrogen and oxygen atoms in total. The van der Waals surface area contributed by atoms with Crippen molar-refractivity contribution in [2.45, 2.75) is 20.3 Å². The summed E-state index contributed by atoms with van der Waals surface area (Å²) in [6.45, 7) is 3.91. The highest BCUT2D eigenvalue weighted by Crippen LogP contribution is 2.13. The van der Waals surface area contributed by atoms with Crippen LogP contribution >= 0.6 is 11.3 Å². The molecule has 0 spiro atoms. The van der Waals surface area contributed by atoms with Crippen LogP contribution in [0.2, 0.25) is 0 Å². The number of nitrogens with one attached hydrogen (secondary N) is 1. The Morgan fingerprint density at radius 1 is 1.32 bits per heavy atom. The van der Waals surface area contributed by atoms with E-state index in [4.69, 9.17) is 0 Å². The van der Waals surface area contributed by atoms with Crippen LogP contribution in [0.1, 0.15) is 27.9 Å². The molecule has 0 atom stereocenters. The summed E-state index contributed by atoms with van der Waals surface area (Å²) < 4.78 is 1.23. The van der Waals surface area contributed by atoms with E-state index in [1.165, 1.54) is 22.0 Å². The second-order valence-corrected chi connectivity index (χ2v) is 5.88. The fourth-order valence-corrected chi connectivity index (χ4v) is 2.75. The van der Waals surface area contributed by atoms with Crippen LogP contribution in [-0.4, -0.2) is 20.5 Å². The smallest absolute Gasteiger partial charge is 0.298 e. The van der Waals surface area contributed by atoms with Gasteiger partial charge in [0, 0.05) is 5.56 Å². The summed E-state index contributed by atoms with van der Waals surface area (Å²) in [6.07, 6.45) is 2.11. The van der Waals surface area contributed by atoms with Crippen molar-refractivity contribution >= 4 is 27.9 Å². The first-order valence-corrected chi connectivity index (χ1v) is 7.66. The number of hydrogen-bond donors (Lipinski definition) is 1. The van der Waals surface area contributed by atoms with E-state index >= 15 is 0 Å². The highest BCUT2D eigenvalue weighted by molar-refractivity contribution is 7.16. The monoisotopic (exact) mass is 314 g/mol. The lowest BCUT2D eigenvalue weighted by atomic mass is 10.1. The third-order valence-electron chi connectivity index (χ3n) is 3.19. The van der Waals surface area contributed by atoms with Crippen LogP contribution < -0.4 is 10.9 Å². The summed E-state index contributed by atoms with van der Waals surface area (Å²) in [7, 11) is 0. The van der Waals surface area contributed by atoms with Crippen LogP contribution in [0.4, 0.5) is 5.69 Å². The first kappa shape index (κ1) is 14.4. The second kappa shape index (κ2) is 5.69. The number of benzene rings is 1. The van der Waals surface area contributed by atoms with Gasteiger partial charge in [0.05, 0.1) is 6.20 Å². The first-order chi connectivity index (χ1) is 10.6. The fraction of sp³-hybridized carbons (Fsp3) is 0.200. The third-order valence-corrected chi connectivity index (χ3v) is 4.26. The molecule has 7 heteroatoms. The zero-order valence-corrected chi connectivity index (χ0v) is 13.0. The molecule has 0 unspecified atom stereocenters. The summed E-state index contributed by atoms with van der Waals surface area (Å²) in [5.74, 6) is -0.343. The van der Waals surface area contributed by atoms with Gasteiger partial charge in [-0.05, 0) is 25.5 Å². The quantitative estimate of drug-likeness (QED) is 0.804. The van der Waals surface area contributed by atoms with Crippen molar-refractivity contribution < 1.29 is 4.79 Å². The molecule has 2 aromatic heterocycles. The van der Waals surface area contributed by atoms with Crippen molar-refractivity contribution in [1.82, 2.24) is 14.6 Å². The van der Waals surface area contributed by atoms with Gasteiger partial charge in [0.25, 0.3) is 11.5 Å². The molecule has 0 saturated carbocycles. The number of amides is 1. The van der Waals surface area contributed by atoms with Crippen LogP contribution in [0.5, 0.6) is 0 Å². The normalized spacial score (nSPS) is 10.8. The largest absolute Gasteiger partial charge is 0.316 e. The Balaban J connectivity index is 1.93. The Morgan fingerprint density at radius 3 is 2.73 bits per heavy atom. The van der Waals surface area contributed by atoms with E-state index in [9.17, 15) is 9.59 Å². The maximum Gasteiger partial charge on any atom is 0.298 e. The minimum Gasteiger partial charge on any atom is -0.316 e. The average molecular weight is 314 g/mol. The lowest BCUT2D eigenvalue weighted by Crippen LogP contribution is -2.23. The van der Waals surface area contributed by atoms with Gasteiger partial charge in [-0.1, -0.05) is 36.0 Å². The van der Waals surface area contributed by atoms with Crippen molar-refractivity contribution in [3.8, 4) is 0 Å². The van der Waals surface area contributed by atoms with E-state index in [2.05, 4.69) is 15.4 Å². The van der Waals surface area contributed by atoms with E-state index in [1.54, 1.807) is 12.1 Å². The van der Waals surface area contributed by atoms with Gasteiger partial charge in [0.2, 0.25) is 4.96 Å². The summed E-state index contributed by atoms with van der Waals surface area (Å²) in [5, 5.41) is 7.61. The zero-order valence-electron chi connectivity index (χ0n) is 12.2. The summed E-state index contributed by atoms with van der Waals surface area (Å²) in [5.41, 5.74) is 1.30. The highest BCUT2D eigenvalue weighted by Gasteiger charge is 2.13. The molecular weight excluding hydrogens is 300 g/mol. The van der Waals surface area contributed by atoms with Crippen LogP contribution in [-0.2, 0) is 6.42 Å². The Bertz CT molecular complexity index is 896. The molecule has 0 aliphatic carbocycles. The predicted octanol–water partition coefficient (Wildman–Crippen LogP) is 2.27. The number of hydrogen-bond acceptors (Lipinski definition) is 5. The van der Waals surface area contributed by atoms with Crippen LogP contribution in [0.25, 0.3) is 4.96 Å². The van der Waals surface area contributed by atoms with Crippen molar-refractivity contribution in [2.75, 3.05) is 5.32 Å². The molecule has 0 fully saturated rings. The van der Waals surface area contributed by atoms with Crippen LogP contribution in [0.3, 0.4) is 0 Å². The number of aromatic nitrogens is 3. The Hall–Kier alpha value is -2.54. The third kappa shape index (κ3) is 2.62. The SMILES string of the molecule is CCc1nn2c(=O)c(NC(=O)c3ccc(C)cc3)cnc2s1. The Kier molecular flexibility index (Phi) is 3.72. The lowest BCUT2D eigenvalue weighted by Gasteiger charge is -2.04. The molecule has 0 saturated heterocycles. The van der Waals surface area contributed by atoms with E-state index in [1.807, 2.05) is 26.0 Å². The van der Waals surface area contributed by atoms with Gasteiger partial charge in [-0.25, -0.2) is 4.98 Å². The molecule has 0 aliphatic heterocycles. The summed E-state index contributed by atoms with van der Waals surface area (Å²) in [6, 6.07) is 7.12. The molecule has 3 rings (SSSR count). The summed E-state index contributed by atoms with van der Waals surface area (Å²) >= 11 is 1.37. The van der Waals surface area contributed by atoms with Crippen molar-refractivity contribution in [3.63, 3.8) is 0 Å². The number of fused-ring (bicyclic) bond motifs is 1. The number of carbonyl (C=O) groups is 1. The highest BCUT2D eigenvalue weighted by atomic mass is 32.1. The average Bonchev–Trinajstić information content (AvgIpc) is 2.95. The van der Waals surface area contributed by atoms with Gasteiger partial charge in [-0.15, -0.1) is 0 Å². The summed E-state index contributed by atoms with van der Waals surface area (Å²) in [4.78, 5) is 29.2. The van der Waals surface area contributed by atoms with Crippen LogP contribution in [0, 0.1) is 6.92 Å². The molecule has 22 heavy (non-hydrogen) atoms. The number of anilines is 1. The number of rotatable bonds is 3. The van der Waals surface area contributed by atoms with Gasteiger partial charge in [0.15, 0.2) is 0 Å². The second-order valence-electron chi connectivity index (χ2n) is 4.84. The van der Waals surface area contributed by atoms with Crippen LogP contribution in [0.15, 0.2) is 35.3 Å². The standard InChI is InChI=1S/C15H14N4O2S/c1-3-12-18-19-14(21)11(8-16-15(19)22-12)17-13(20)10-6-4-9(2)5-7-10/h4-8H,3H2,1-2H3,(H,17,20). The Labute approximate surface area is 130 Å².